The van der Waals surface area contributed by atoms with Gasteiger partial charge in [0.1, 0.15) is 78.5 Å². The number of methoxy groups -OCH3 is 1. The number of aliphatic hydroxyl groups is 7. The number of rotatable bonds is 12. The average molecular weight is 707 g/mol. The van der Waals surface area contributed by atoms with E-state index in [-0.39, 0.29) is 5.75 Å². The molecule has 3 saturated heterocycles. The molecular weight excluding hydrogens is 664 g/mol. The minimum atomic E-state index is -2.00. The zero-order valence-corrected chi connectivity index (χ0v) is 26.5. The van der Waals surface area contributed by atoms with E-state index in [1.54, 1.807) is 0 Å². The number of carboxylic acids is 1. The molecule has 0 unspecified atom stereocenters. The van der Waals surface area contributed by atoms with Crippen LogP contribution in [0.4, 0.5) is 0 Å². The van der Waals surface area contributed by atoms with Crippen LogP contribution in [0.15, 0.2) is 24.3 Å². The first kappa shape index (κ1) is 38.6. The first-order chi connectivity index (χ1) is 23.2. The molecule has 0 bridgehead atoms. The molecule has 3 heterocycles. The van der Waals surface area contributed by atoms with Gasteiger partial charge in [0.25, 0.3) is 0 Å². The second-order valence-electron chi connectivity index (χ2n) is 11.6. The summed E-state index contributed by atoms with van der Waals surface area (Å²) in [5.41, 5.74) is 0. The lowest BCUT2D eigenvalue weighted by atomic mass is 9.94. The van der Waals surface area contributed by atoms with Crippen molar-refractivity contribution in [3.63, 3.8) is 0 Å². The largest absolute Gasteiger partial charge is 0.497 e. The van der Waals surface area contributed by atoms with E-state index >= 15 is 0 Å². The highest BCUT2D eigenvalue weighted by atomic mass is 16.8. The minimum absolute atomic E-state index is 0.136. The monoisotopic (exact) mass is 706 g/mol. The van der Waals surface area contributed by atoms with Crippen molar-refractivity contribution in [3.8, 4) is 11.5 Å². The smallest absolute Gasteiger partial charge is 0.335 e. The number of amides is 2. The maximum atomic E-state index is 12.3. The van der Waals surface area contributed by atoms with Gasteiger partial charge < -0.3 is 84.6 Å². The van der Waals surface area contributed by atoms with Gasteiger partial charge in [0.05, 0.1) is 20.3 Å². The Morgan fingerprint density at radius 3 is 1.69 bits per heavy atom. The molecule has 2 amide bonds. The number of carbonyl (C=O) groups is 3. The Balaban J connectivity index is 1.56. The Kier molecular flexibility index (Phi) is 13.1. The number of benzene rings is 1. The second-order valence-corrected chi connectivity index (χ2v) is 11.6. The summed E-state index contributed by atoms with van der Waals surface area (Å²) < 4.78 is 39.0. The van der Waals surface area contributed by atoms with Gasteiger partial charge in [0.15, 0.2) is 18.7 Å². The Morgan fingerprint density at radius 1 is 0.673 bits per heavy atom. The number of nitrogens with one attached hydrogen (secondary N) is 2. The molecule has 20 nitrogen and oxygen atoms in total. The van der Waals surface area contributed by atoms with Gasteiger partial charge in [-0.2, -0.15) is 0 Å². The predicted octanol–water partition coefficient (Wildman–Crippen LogP) is -5.10. The molecule has 20 heteroatoms. The van der Waals surface area contributed by atoms with E-state index in [0.29, 0.717) is 5.75 Å². The van der Waals surface area contributed by atoms with Crippen molar-refractivity contribution in [2.45, 2.75) is 106 Å². The van der Waals surface area contributed by atoms with Crippen LogP contribution in [0.3, 0.4) is 0 Å². The highest BCUT2D eigenvalue weighted by Gasteiger charge is 2.55. The first-order valence-electron chi connectivity index (χ1n) is 15.2. The van der Waals surface area contributed by atoms with Crippen molar-refractivity contribution >= 4 is 17.8 Å². The molecule has 0 aliphatic carbocycles. The van der Waals surface area contributed by atoms with E-state index in [1.165, 1.54) is 31.4 Å². The Hall–Kier alpha value is -3.25. The van der Waals surface area contributed by atoms with Gasteiger partial charge in [-0.25, -0.2) is 4.79 Å². The number of carbonyl (C=O) groups excluding carboxylic acids is 2. The maximum absolute atomic E-state index is 12.3. The van der Waals surface area contributed by atoms with Crippen molar-refractivity contribution in [1.82, 2.24) is 10.6 Å². The number of aliphatic hydroxyl groups excluding tert-OH is 7. The zero-order valence-electron chi connectivity index (χ0n) is 26.5. The van der Waals surface area contributed by atoms with Gasteiger partial charge in [-0.3, -0.25) is 9.59 Å². The van der Waals surface area contributed by atoms with Gasteiger partial charge in [-0.15, -0.1) is 0 Å². The molecule has 3 aliphatic rings. The summed E-state index contributed by atoms with van der Waals surface area (Å²) in [5.74, 6) is -2.44. The topological polar surface area (TPSA) is 302 Å². The van der Waals surface area contributed by atoms with Crippen LogP contribution in [0, 0.1) is 0 Å². The van der Waals surface area contributed by atoms with Crippen molar-refractivity contribution in [2.24, 2.45) is 0 Å². The summed E-state index contributed by atoms with van der Waals surface area (Å²) in [6, 6.07) is 2.90. The quantitative estimate of drug-likeness (QED) is 0.0972. The average Bonchev–Trinajstić information content (AvgIpc) is 3.06. The Bertz CT molecular complexity index is 1270. The molecule has 3 aliphatic heterocycles. The highest BCUT2D eigenvalue weighted by Crippen LogP contribution is 2.33. The van der Waals surface area contributed by atoms with E-state index < -0.39 is 123 Å². The lowest BCUT2D eigenvalue weighted by molar-refractivity contribution is -0.353. The standard InChI is InChI=1S/C29H42N2O18/c1-10(34)30-16-19(37)18(36)14(8-32)45-27(16)47-23-15(9-33)46-28(17(20(23)38)31-11(2)35)48-24-21(39)22(40)29(49-25(24)26(41)42)44-13-6-4-12(43-3)5-7-13/h4-7,14-25,27-29,32-33,36-40H,8-9H2,1-3H3,(H,30,34)(H,31,35)(H,41,42)/t14-,15-,16-,17-,18-,19-,20-,21-,22-,23+,24+,25+,27-,28+,29-/m1/s1. The third-order valence-electron chi connectivity index (χ3n) is 8.16. The summed E-state index contributed by atoms with van der Waals surface area (Å²) in [4.78, 5) is 36.3. The number of ether oxygens (including phenoxy) is 7. The summed E-state index contributed by atoms with van der Waals surface area (Å²) in [6.45, 7) is 0.502. The van der Waals surface area contributed by atoms with E-state index in [9.17, 15) is 55.2 Å². The second kappa shape index (κ2) is 16.6. The molecule has 1 aromatic carbocycles. The van der Waals surface area contributed by atoms with Gasteiger partial charge in [0.2, 0.25) is 18.1 Å². The molecule has 0 radical (unpaired) electrons. The number of hydrogen-bond donors (Lipinski definition) is 10. The third-order valence-corrected chi connectivity index (χ3v) is 8.16. The first-order valence-corrected chi connectivity index (χ1v) is 15.2. The van der Waals surface area contributed by atoms with Crippen LogP contribution in [0.5, 0.6) is 11.5 Å². The molecule has 15 atom stereocenters. The fraction of sp³-hybridized carbons (Fsp3) is 0.690. The summed E-state index contributed by atoms with van der Waals surface area (Å²) in [5, 5.41) is 88.8. The maximum Gasteiger partial charge on any atom is 0.335 e. The number of carboxylic acid groups (broad SMARTS) is 1. The molecule has 1 aromatic rings. The SMILES string of the molecule is COc1ccc(O[C@@H]2O[C@H](C(=O)O)[C@@H](O[C@@H]3O[C@H](CO)[C@H](O[C@H]4O[C@H](CO)[C@@H](O)[C@H](O)[C@H]4NC(C)=O)[C@H](O)[C@H]3NC(C)=O)[C@H](O)[C@H]2O)cc1. The minimum Gasteiger partial charge on any atom is -0.497 e. The van der Waals surface area contributed by atoms with E-state index in [1.807, 2.05) is 0 Å². The fourth-order valence-electron chi connectivity index (χ4n) is 5.71. The van der Waals surface area contributed by atoms with E-state index in [4.69, 9.17) is 33.2 Å². The zero-order chi connectivity index (χ0) is 36.2. The summed E-state index contributed by atoms with van der Waals surface area (Å²) >= 11 is 0. The summed E-state index contributed by atoms with van der Waals surface area (Å²) in [6.07, 6.45) is -22.8. The van der Waals surface area contributed by atoms with Crippen LogP contribution in [-0.2, 0) is 38.1 Å². The molecule has 10 N–H and O–H groups in total. The van der Waals surface area contributed by atoms with Gasteiger partial charge in [0, 0.05) is 13.8 Å². The van der Waals surface area contributed by atoms with Crippen molar-refractivity contribution in [3.05, 3.63) is 24.3 Å². The van der Waals surface area contributed by atoms with Crippen LogP contribution in [0.2, 0.25) is 0 Å². The number of hydrogen-bond acceptors (Lipinski definition) is 17. The van der Waals surface area contributed by atoms with Crippen LogP contribution < -0.4 is 20.1 Å². The molecule has 49 heavy (non-hydrogen) atoms. The molecule has 0 aromatic heterocycles. The van der Waals surface area contributed by atoms with Crippen LogP contribution in [-0.4, -0.2) is 171 Å². The number of aliphatic carboxylic acids is 1. The van der Waals surface area contributed by atoms with Crippen LogP contribution in [0.25, 0.3) is 0 Å². The van der Waals surface area contributed by atoms with Crippen LogP contribution >= 0.6 is 0 Å². The lowest BCUT2D eigenvalue weighted by Gasteiger charge is -2.49. The van der Waals surface area contributed by atoms with Crippen molar-refractivity contribution < 1.29 is 88.4 Å². The molecule has 276 valence electrons. The van der Waals surface area contributed by atoms with Crippen molar-refractivity contribution in [2.75, 3.05) is 20.3 Å². The Labute approximate surface area is 279 Å². The van der Waals surface area contributed by atoms with Gasteiger partial charge in [-0.05, 0) is 24.3 Å². The van der Waals surface area contributed by atoms with Gasteiger partial charge >= 0.3 is 5.97 Å². The predicted molar refractivity (Wildman–Crippen MR) is 156 cm³/mol. The normalized spacial score (nSPS) is 39.4. The Morgan fingerprint density at radius 2 is 1.18 bits per heavy atom. The lowest BCUT2D eigenvalue weighted by Crippen LogP contribution is -2.70. The summed E-state index contributed by atoms with van der Waals surface area (Å²) in [7, 11) is 1.44. The molecule has 4 rings (SSSR count). The van der Waals surface area contributed by atoms with Gasteiger partial charge in [-0.1, -0.05) is 0 Å². The molecule has 3 fully saturated rings. The molecule has 0 spiro atoms. The fourth-order valence-corrected chi connectivity index (χ4v) is 5.71. The molecular formula is C29H42N2O18. The molecule has 0 saturated carbocycles. The van der Waals surface area contributed by atoms with E-state index in [2.05, 4.69) is 10.6 Å². The van der Waals surface area contributed by atoms with Crippen LogP contribution in [0.1, 0.15) is 13.8 Å². The highest BCUT2D eigenvalue weighted by molar-refractivity contribution is 5.74. The third kappa shape index (κ3) is 8.74. The van der Waals surface area contributed by atoms with Crippen molar-refractivity contribution in [1.29, 1.82) is 0 Å². The van der Waals surface area contributed by atoms with E-state index in [0.717, 1.165) is 13.8 Å².